The number of nitrogens with one attached hydrogen (secondary N) is 2. The van der Waals surface area contributed by atoms with Gasteiger partial charge in [-0.3, -0.25) is 0 Å². The van der Waals surface area contributed by atoms with E-state index in [9.17, 15) is 9.59 Å². The molecule has 0 radical (unpaired) electrons. The van der Waals surface area contributed by atoms with Crippen LogP contribution in [0.15, 0.2) is 0 Å². The Balaban J connectivity index is 1.41. The molecule has 2 amide bonds. The Kier molecular flexibility index (Phi) is 23.4. The van der Waals surface area contributed by atoms with Gasteiger partial charge < -0.3 is 29.7 Å². The van der Waals surface area contributed by atoms with E-state index in [-0.39, 0.29) is 13.2 Å². The van der Waals surface area contributed by atoms with Crippen LogP contribution in [0.2, 0.25) is 0 Å². The Hall–Kier alpha value is -1.54. The van der Waals surface area contributed by atoms with Gasteiger partial charge in [-0.15, -0.1) is 0 Å². The first-order chi connectivity index (χ1) is 21.6. The number of amides is 2. The molecule has 0 aromatic heterocycles. The highest BCUT2D eigenvalue weighted by Crippen LogP contribution is 2.26. The zero-order valence-corrected chi connectivity index (χ0v) is 28.6. The predicted octanol–water partition coefficient (Wildman–Crippen LogP) is 8.91. The van der Waals surface area contributed by atoms with Crippen LogP contribution in [0.5, 0.6) is 0 Å². The number of carbonyl (C=O) groups excluding carboxylic acids is 2. The third-order valence-electron chi connectivity index (χ3n) is 9.29. The molecule has 2 rings (SSSR count). The van der Waals surface area contributed by atoms with E-state index in [0.29, 0.717) is 26.1 Å². The molecule has 0 spiro atoms. The molecule has 0 aromatic carbocycles. The molecule has 258 valence electrons. The third kappa shape index (κ3) is 20.5. The predicted molar refractivity (Wildman–Crippen MR) is 180 cm³/mol. The van der Waals surface area contributed by atoms with Gasteiger partial charge in [-0.25, -0.2) is 9.59 Å². The van der Waals surface area contributed by atoms with Gasteiger partial charge in [-0.2, -0.15) is 0 Å². The van der Waals surface area contributed by atoms with Gasteiger partial charge in [0.1, 0.15) is 18.8 Å². The molecule has 1 unspecified atom stereocenters. The van der Waals surface area contributed by atoms with Gasteiger partial charge in [-0.05, 0) is 71.0 Å². The minimum absolute atomic E-state index is 0.0974. The molecule has 0 aliphatic carbocycles. The van der Waals surface area contributed by atoms with Crippen LogP contribution in [0, 0.1) is 0 Å². The van der Waals surface area contributed by atoms with Crippen molar-refractivity contribution in [1.29, 1.82) is 0 Å². The van der Waals surface area contributed by atoms with E-state index < -0.39 is 17.8 Å². The molecule has 44 heavy (non-hydrogen) atoms. The quantitative estimate of drug-likeness (QED) is 0.0889. The van der Waals surface area contributed by atoms with Crippen LogP contribution in [0.4, 0.5) is 9.59 Å². The van der Waals surface area contributed by atoms with Gasteiger partial charge in [0.05, 0.1) is 0 Å². The van der Waals surface area contributed by atoms with Gasteiger partial charge in [0.15, 0.2) is 0 Å². The first-order valence-corrected chi connectivity index (χ1v) is 18.8. The Morgan fingerprint density at radius 3 is 1.52 bits per heavy atom. The first kappa shape index (κ1) is 38.6. The maximum absolute atomic E-state index is 12.3. The Morgan fingerprint density at radius 2 is 1.07 bits per heavy atom. The summed E-state index contributed by atoms with van der Waals surface area (Å²) in [7, 11) is 0. The van der Waals surface area contributed by atoms with Crippen molar-refractivity contribution in [3.05, 3.63) is 0 Å². The maximum atomic E-state index is 12.3. The number of unbranched alkanes of at least 4 members (excludes halogenated alkanes) is 17. The molecule has 2 N–H and O–H groups in total. The van der Waals surface area contributed by atoms with Crippen LogP contribution < -0.4 is 10.6 Å². The molecule has 2 aliphatic rings. The highest BCUT2D eigenvalue weighted by Gasteiger charge is 2.36. The number of hydrogen-bond donors (Lipinski definition) is 2. The summed E-state index contributed by atoms with van der Waals surface area (Å²) in [5.74, 6) is 0. The topological polar surface area (TPSA) is 89.1 Å². The fourth-order valence-electron chi connectivity index (χ4n) is 6.37. The molecule has 2 heterocycles. The van der Waals surface area contributed by atoms with Crippen molar-refractivity contribution in [3.63, 3.8) is 0 Å². The van der Waals surface area contributed by atoms with Crippen LogP contribution in [-0.4, -0.2) is 75.2 Å². The minimum Gasteiger partial charge on any atom is -0.446 e. The second kappa shape index (κ2) is 26.7. The number of alkyl carbamates (subject to hydrolysis) is 2. The number of rotatable bonds is 27. The van der Waals surface area contributed by atoms with E-state index in [2.05, 4.69) is 22.5 Å². The summed E-state index contributed by atoms with van der Waals surface area (Å²) in [6, 6.07) is 0. The van der Waals surface area contributed by atoms with Crippen molar-refractivity contribution < 1.29 is 23.8 Å². The zero-order chi connectivity index (χ0) is 31.4. The average molecular weight is 624 g/mol. The van der Waals surface area contributed by atoms with E-state index in [1.165, 1.54) is 122 Å². The summed E-state index contributed by atoms with van der Waals surface area (Å²) in [6.07, 6.45) is 29.0. The largest absolute Gasteiger partial charge is 0.446 e. The van der Waals surface area contributed by atoms with Gasteiger partial charge >= 0.3 is 12.2 Å². The lowest BCUT2D eigenvalue weighted by atomic mass is 9.95. The molecule has 8 nitrogen and oxygen atoms in total. The standard InChI is InChI=1S/C36H69N3O5/c1-2-3-4-5-6-7-8-9-10-11-12-13-14-15-16-19-26-37-34(40)42-32-36(25-18-24-31-44-36)33-43-35(41)38-27-20-17-21-28-39-29-22-23-30-39/h2-33H2,1H3,(H,37,40)(H,38,41). The summed E-state index contributed by atoms with van der Waals surface area (Å²) in [5.41, 5.74) is -0.753. The number of likely N-dealkylation sites (tertiary alicyclic amines) is 1. The Morgan fingerprint density at radius 1 is 0.614 bits per heavy atom. The molecule has 1 atom stereocenters. The summed E-state index contributed by atoms with van der Waals surface area (Å²) in [5, 5.41) is 5.73. The van der Waals surface area contributed by atoms with Crippen molar-refractivity contribution in [2.45, 2.75) is 167 Å². The smallest absolute Gasteiger partial charge is 0.407 e. The lowest BCUT2D eigenvalue weighted by Gasteiger charge is -2.36. The minimum atomic E-state index is -0.753. The van der Waals surface area contributed by atoms with E-state index in [0.717, 1.165) is 45.1 Å². The SMILES string of the molecule is CCCCCCCCCCCCCCCCCCNC(=O)OCC1(COC(=O)NCCCCCN2CCCC2)CCCCO1. The molecule has 2 saturated heterocycles. The number of nitrogens with zero attached hydrogens (tertiary/aromatic N) is 1. The molecule has 8 heteroatoms. The molecule has 0 aromatic rings. The Bertz CT molecular complexity index is 695. The number of ether oxygens (including phenoxy) is 3. The lowest BCUT2D eigenvalue weighted by molar-refractivity contribution is -0.134. The molecule has 2 aliphatic heterocycles. The van der Waals surface area contributed by atoms with E-state index in [4.69, 9.17) is 14.2 Å². The molecule has 2 fully saturated rings. The third-order valence-corrected chi connectivity index (χ3v) is 9.29. The normalized spacial score (nSPS) is 18.8. The van der Waals surface area contributed by atoms with Crippen LogP contribution in [0.1, 0.15) is 161 Å². The Labute approximate surface area is 270 Å². The van der Waals surface area contributed by atoms with Gasteiger partial charge in [0.25, 0.3) is 0 Å². The molecular weight excluding hydrogens is 554 g/mol. The van der Waals surface area contributed by atoms with Gasteiger partial charge in [0.2, 0.25) is 0 Å². The van der Waals surface area contributed by atoms with Crippen molar-refractivity contribution in [2.75, 3.05) is 52.5 Å². The number of carbonyl (C=O) groups is 2. The zero-order valence-electron chi connectivity index (χ0n) is 28.6. The van der Waals surface area contributed by atoms with Crippen molar-refractivity contribution in [2.24, 2.45) is 0 Å². The van der Waals surface area contributed by atoms with E-state index in [1.807, 2.05) is 0 Å². The van der Waals surface area contributed by atoms with Crippen molar-refractivity contribution in [3.8, 4) is 0 Å². The molecule has 0 saturated carbocycles. The van der Waals surface area contributed by atoms with Crippen molar-refractivity contribution >= 4 is 12.2 Å². The second-order valence-corrected chi connectivity index (χ2v) is 13.4. The second-order valence-electron chi connectivity index (χ2n) is 13.4. The number of hydrogen-bond acceptors (Lipinski definition) is 6. The molecule has 0 bridgehead atoms. The van der Waals surface area contributed by atoms with Crippen LogP contribution >= 0.6 is 0 Å². The fraction of sp³-hybridized carbons (Fsp3) is 0.944. The highest BCUT2D eigenvalue weighted by atomic mass is 16.6. The first-order valence-electron chi connectivity index (χ1n) is 18.8. The lowest BCUT2D eigenvalue weighted by Crippen LogP contribution is -2.47. The van der Waals surface area contributed by atoms with E-state index >= 15 is 0 Å². The summed E-state index contributed by atoms with van der Waals surface area (Å²) < 4.78 is 17.0. The average Bonchev–Trinajstić information content (AvgIpc) is 3.56. The highest BCUT2D eigenvalue weighted by molar-refractivity contribution is 5.67. The van der Waals surface area contributed by atoms with Gasteiger partial charge in [-0.1, -0.05) is 110 Å². The summed E-state index contributed by atoms with van der Waals surface area (Å²) in [6.45, 7) is 7.94. The summed E-state index contributed by atoms with van der Waals surface area (Å²) in [4.78, 5) is 27.1. The van der Waals surface area contributed by atoms with Crippen LogP contribution in [-0.2, 0) is 14.2 Å². The van der Waals surface area contributed by atoms with Crippen molar-refractivity contribution in [1.82, 2.24) is 15.5 Å². The fourth-order valence-corrected chi connectivity index (χ4v) is 6.37. The van der Waals surface area contributed by atoms with Crippen LogP contribution in [0.3, 0.4) is 0 Å². The van der Waals surface area contributed by atoms with E-state index in [1.54, 1.807) is 0 Å². The van der Waals surface area contributed by atoms with Gasteiger partial charge in [0, 0.05) is 19.7 Å². The molecular formula is C36H69N3O5. The summed E-state index contributed by atoms with van der Waals surface area (Å²) >= 11 is 0. The van der Waals surface area contributed by atoms with Crippen LogP contribution in [0.25, 0.3) is 0 Å². The maximum Gasteiger partial charge on any atom is 0.407 e. The monoisotopic (exact) mass is 624 g/mol.